The highest BCUT2D eigenvalue weighted by atomic mass is 79.9. The summed E-state index contributed by atoms with van der Waals surface area (Å²) in [6.07, 6.45) is 3.05. The lowest BCUT2D eigenvalue weighted by Gasteiger charge is -2.24. The van der Waals surface area contributed by atoms with Gasteiger partial charge in [0.1, 0.15) is 6.04 Å². The first kappa shape index (κ1) is 19.3. The van der Waals surface area contributed by atoms with Crippen molar-refractivity contribution in [1.82, 2.24) is 9.62 Å². The third-order valence-electron chi connectivity index (χ3n) is 4.46. The topological polar surface area (TPSA) is 92.8 Å². The number of carbonyl (C=O) groups excluding carboxylic acids is 2. The molecule has 1 aliphatic heterocycles. The van der Waals surface area contributed by atoms with Crippen LogP contribution in [0.3, 0.4) is 0 Å². The van der Waals surface area contributed by atoms with Gasteiger partial charge in [-0.05, 0) is 66.7 Å². The fourth-order valence-corrected chi connectivity index (χ4v) is 5.69. The zero-order valence-corrected chi connectivity index (χ0v) is 16.8. The Morgan fingerprint density at radius 2 is 2.04 bits per heavy atom. The normalized spacial score (nSPS) is 20.8. The Morgan fingerprint density at radius 1 is 1.31 bits per heavy atom. The van der Waals surface area contributed by atoms with E-state index in [0.717, 1.165) is 12.8 Å². The number of ether oxygens (including phenoxy) is 1. The first-order valence-corrected chi connectivity index (χ1v) is 10.9. The van der Waals surface area contributed by atoms with Crippen molar-refractivity contribution in [1.29, 1.82) is 0 Å². The van der Waals surface area contributed by atoms with Gasteiger partial charge < -0.3 is 10.1 Å². The van der Waals surface area contributed by atoms with Gasteiger partial charge in [-0.15, -0.1) is 0 Å². The van der Waals surface area contributed by atoms with Gasteiger partial charge in [-0.3, -0.25) is 4.79 Å². The highest BCUT2D eigenvalue weighted by Gasteiger charge is 2.41. The van der Waals surface area contributed by atoms with E-state index in [0.29, 0.717) is 19.4 Å². The second kappa shape index (κ2) is 7.66. The number of esters is 1. The predicted octanol–water partition coefficient (Wildman–Crippen LogP) is 2.06. The molecule has 7 nitrogen and oxygen atoms in total. The molecule has 1 N–H and O–H groups in total. The van der Waals surface area contributed by atoms with Gasteiger partial charge >= 0.3 is 5.97 Å². The Morgan fingerprint density at radius 3 is 2.65 bits per heavy atom. The van der Waals surface area contributed by atoms with Crippen molar-refractivity contribution >= 4 is 37.8 Å². The zero-order valence-electron chi connectivity index (χ0n) is 14.4. The summed E-state index contributed by atoms with van der Waals surface area (Å²) in [5.74, 6) is -0.743. The highest BCUT2D eigenvalue weighted by Crippen LogP contribution is 2.32. The largest absolute Gasteiger partial charge is 0.462 e. The molecule has 0 spiro atoms. The fraction of sp³-hybridized carbons (Fsp3) is 0.529. The van der Waals surface area contributed by atoms with Crippen LogP contribution >= 0.6 is 15.9 Å². The molecular weight excluding hydrogens is 424 g/mol. The number of sulfonamides is 1. The molecule has 1 atom stereocenters. The minimum atomic E-state index is -3.86. The van der Waals surface area contributed by atoms with Gasteiger partial charge in [0.15, 0.2) is 0 Å². The first-order chi connectivity index (χ1) is 12.3. The Bertz CT molecular complexity index is 822. The molecule has 2 aliphatic rings. The van der Waals surface area contributed by atoms with Gasteiger partial charge in [0, 0.05) is 17.1 Å². The van der Waals surface area contributed by atoms with Crippen LogP contribution in [0.5, 0.6) is 0 Å². The minimum Gasteiger partial charge on any atom is -0.462 e. The number of benzene rings is 1. The van der Waals surface area contributed by atoms with Crippen LogP contribution in [0.15, 0.2) is 27.6 Å². The van der Waals surface area contributed by atoms with E-state index in [-0.39, 0.29) is 33.5 Å². The van der Waals surface area contributed by atoms with Gasteiger partial charge in [0.2, 0.25) is 15.9 Å². The molecule has 1 aromatic carbocycles. The lowest BCUT2D eigenvalue weighted by molar-refractivity contribution is -0.124. The van der Waals surface area contributed by atoms with Crippen molar-refractivity contribution in [2.24, 2.45) is 0 Å². The Kier molecular flexibility index (Phi) is 5.69. The molecule has 9 heteroatoms. The van der Waals surface area contributed by atoms with Crippen molar-refractivity contribution in [3.8, 4) is 0 Å². The van der Waals surface area contributed by atoms with Gasteiger partial charge in [-0.2, -0.15) is 4.31 Å². The average Bonchev–Trinajstić information content (AvgIpc) is 3.25. The van der Waals surface area contributed by atoms with E-state index in [4.69, 9.17) is 4.74 Å². The molecule has 0 radical (unpaired) electrons. The highest BCUT2D eigenvalue weighted by molar-refractivity contribution is 9.10. The average molecular weight is 445 g/mol. The van der Waals surface area contributed by atoms with E-state index in [2.05, 4.69) is 21.2 Å². The van der Waals surface area contributed by atoms with Crippen molar-refractivity contribution < 1.29 is 22.7 Å². The zero-order chi connectivity index (χ0) is 18.9. The number of hydrogen-bond donors (Lipinski definition) is 1. The summed E-state index contributed by atoms with van der Waals surface area (Å²) < 4.78 is 32.6. The van der Waals surface area contributed by atoms with Gasteiger partial charge in [-0.25, -0.2) is 13.2 Å². The number of carbonyl (C=O) groups is 2. The van der Waals surface area contributed by atoms with E-state index in [1.54, 1.807) is 6.92 Å². The standard InChI is InChI=1S/C17H21BrN2O5S/c1-2-25-17(22)11-5-8-15(13(18)10-11)26(23,24)20-9-3-4-14(20)16(21)19-12-6-7-12/h5,8,10,12,14H,2-4,6-7,9H2,1H3,(H,19,21). The van der Waals surface area contributed by atoms with E-state index >= 15 is 0 Å². The lowest BCUT2D eigenvalue weighted by atomic mass is 10.2. The SMILES string of the molecule is CCOC(=O)c1ccc(S(=O)(=O)N2CCCC2C(=O)NC2CC2)c(Br)c1. The van der Waals surface area contributed by atoms with E-state index in [1.807, 2.05) is 0 Å². The number of rotatable bonds is 6. The van der Waals surface area contributed by atoms with Crippen molar-refractivity contribution in [2.75, 3.05) is 13.2 Å². The molecule has 0 aromatic heterocycles. The monoisotopic (exact) mass is 444 g/mol. The summed E-state index contributed by atoms with van der Waals surface area (Å²) in [5, 5.41) is 2.88. The third kappa shape index (κ3) is 3.94. The van der Waals surface area contributed by atoms with E-state index in [1.165, 1.54) is 22.5 Å². The van der Waals surface area contributed by atoms with Crippen LogP contribution in [-0.4, -0.2) is 49.8 Å². The van der Waals surface area contributed by atoms with Crippen molar-refractivity contribution in [3.05, 3.63) is 28.2 Å². The molecule has 1 amide bonds. The molecule has 1 heterocycles. The number of nitrogens with zero attached hydrogens (tertiary/aromatic N) is 1. The molecule has 2 fully saturated rings. The van der Waals surface area contributed by atoms with E-state index in [9.17, 15) is 18.0 Å². The Labute approximate surface area is 161 Å². The van der Waals surface area contributed by atoms with Crippen LogP contribution in [0, 0.1) is 0 Å². The quantitative estimate of drug-likeness (QED) is 0.677. The number of hydrogen-bond acceptors (Lipinski definition) is 5. The number of halogens is 1. The summed E-state index contributed by atoms with van der Waals surface area (Å²) in [7, 11) is -3.86. The molecule has 1 saturated carbocycles. The molecule has 142 valence electrons. The molecular formula is C17H21BrN2O5S. The van der Waals surface area contributed by atoms with Gasteiger partial charge in [0.25, 0.3) is 0 Å². The van der Waals surface area contributed by atoms with Crippen LogP contribution < -0.4 is 5.32 Å². The third-order valence-corrected chi connectivity index (χ3v) is 7.34. The van der Waals surface area contributed by atoms with Crippen LogP contribution in [0.4, 0.5) is 0 Å². The van der Waals surface area contributed by atoms with Gasteiger partial charge in [0.05, 0.1) is 17.1 Å². The fourth-order valence-electron chi connectivity index (χ4n) is 2.99. The maximum absolute atomic E-state index is 13.1. The molecule has 3 rings (SSSR count). The number of nitrogens with one attached hydrogen (secondary N) is 1. The molecule has 26 heavy (non-hydrogen) atoms. The summed E-state index contributed by atoms with van der Waals surface area (Å²) in [6, 6.07) is 3.73. The molecule has 1 aliphatic carbocycles. The second-order valence-electron chi connectivity index (χ2n) is 6.42. The maximum Gasteiger partial charge on any atom is 0.338 e. The number of amides is 1. The minimum absolute atomic E-state index is 0.0386. The first-order valence-electron chi connectivity index (χ1n) is 8.63. The Hall–Kier alpha value is -1.45. The Balaban J connectivity index is 1.84. The summed E-state index contributed by atoms with van der Waals surface area (Å²) in [5.41, 5.74) is 0.266. The van der Waals surface area contributed by atoms with Crippen molar-refractivity contribution in [3.63, 3.8) is 0 Å². The van der Waals surface area contributed by atoms with Crippen molar-refractivity contribution in [2.45, 2.75) is 49.6 Å². The van der Waals surface area contributed by atoms with Crippen LogP contribution in [-0.2, 0) is 19.6 Å². The second-order valence-corrected chi connectivity index (χ2v) is 9.14. The molecule has 1 aromatic rings. The van der Waals surface area contributed by atoms with Crippen LogP contribution in [0.1, 0.15) is 43.0 Å². The summed E-state index contributed by atoms with van der Waals surface area (Å²) in [6.45, 7) is 2.24. The predicted molar refractivity (Wildman–Crippen MR) is 98.2 cm³/mol. The smallest absolute Gasteiger partial charge is 0.338 e. The van der Waals surface area contributed by atoms with Crippen LogP contribution in [0.2, 0.25) is 0 Å². The molecule has 0 bridgehead atoms. The van der Waals surface area contributed by atoms with Crippen LogP contribution in [0.25, 0.3) is 0 Å². The summed E-state index contributed by atoms with van der Waals surface area (Å²) in [4.78, 5) is 24.2. The summed E-state index contributed by atoms with van der Waals surface area (Å²) >= 11 is 3.24. The lowest BCUT2D eigenvalue weighted by Crippen LogP contribution is -2.46. The van der Waals surface area contributed by atoms with E-state index < -0.39 is 22.0 Å². The molecule has 1 saturated heterocycles. The van der Waals surface area contributed by atoms with Gasteiger partial charge in [-0.1, -0.05) is 0 Å². The molecule has 1 unspecified atom stereocenters. The maximum atomic E-state index is 13.1.